The molecule has 4 saturated carbocycles. The minimum Gasteiger partial charge on any atom is -0.463 e. The average Bonchev–Trinajstić information content (AvgIpc) is 3.17. The Hall–Kier alpha value is -0.870. The van der Waals surface area contributed by atoms with Crippen molar-refractivity contribution in [2.75, 3.05) is 0 Å². The maximum atomic E-state index is 11.6. The van der Waals surface area contributed by atoms with Crippen LogP contribution in [0.15, 0.2) is 11.6 Å². The smallest absolute Gasteiger partial charge is 0.302 e. The zero-order valence-electron chi connectivity index (χ0n) is 19.7. The van der Waals surface area contributed by atoms with Crippen molar-refractivity contribution in [3.63, 3.8) is 0 Å². The van der Waals surface area contributed by atoms with Gasteiger partial charge in [-0.25, -0.2) is 0 Å². The highest BCUT2D eigenvalue weighted by molar-refractivity contribution is 5.66. The standard InChI is InChI=1S/C26H40O4/c1-7-16-8-9-18-21-19(11-13-25(16,18)5)26(6)12-10-17(28-15(2)27)14-20(26)22-23(21)30-24(3,4)29-22/h7,17-23H,8-14H2,1-6H3/b16-7-/t17-,18?,19?,20?,21?,22-,23-,25-,26-/m1/s1. The van der Waals surface area contributed by atoms with Crippen molar-refractivity contribution < 1.29 is 19.0 Å². The minimum absolute atomic E-state index is 0.0278. The molecule has 4 aliphatic carbocycles. The Morgan fingerprint density at radius 1 is 1.00 bits per heavy atom. The molecule has 5 rings (SSSR count). The Labute approximate surface area is 182 Å². The lowest BCUT2D eigenvalue weighted by molar-refractivity contribution is -0.190. The highest BCUT2D eigenvalue weighted by Gasteiger charge is 2.68. The molecule has 1 heterocycles. The molecule has 9 atom stereocenters. The van der Waals surface area contributed by atoms with Crippen LogP contribution >= 0.6 is 0 Å². The van der Waals surface area contributed by atoms with Gasteiger partial charge in [-0.05, 0) is 100 Å². The Morgan fingerprint density at radius 3 is 2.43 bits per heavy atom. The van der Waals surface area contributed by atoms with Gasteiger partial charge in [-0.2, -0.15) is 0 Å². The third kappa shape index (κ3) is 2.88. The fourth-order valence-electron chi connectivity index (χ4n) is 8.81. The fourth-order valence-corrected chi connectivity index (χ4v) is 8.81. The van der Waals surface area contributed by atoms with E-state index in [-0.39, 0.29) is 29.7 Å². The lowest BCUT2D eigenvalue weighted by atomic mass is 9.43. The van der Waals surface area contributed by atoms with Crippen LogP contribution in [0.5, 0.6) is 0 Å². The predicted octanol–water partition coefficient (Wildman–Crippen LogP) is 5.65. The topological polar surface area (TPSA) is 44.8 Å². The molecular weight excluding hydrogens is 376 g/mol. The van der Waals surface area contributed by atoms with Gasteiger partial charge in [0, 0.05) is 6.92 Å². The summed E-state index contributed by atoms with van der Waals surface area (Å²) in [5, 5.41) is 0. The maximum absolute atomic E-state index is 11.6. The van der Waals surface area contributed by atoms with Crippen molar-refractivity contribution in [3.8, 4) is 0 Å². The van der Waals surface area contributed by atoms with E-state index in [1.165, 1.54) is 32.6 Å². The van der Waals surface area contributed by atoms with Gasteiger partial charge in [0.1, 0.15) is 6.10 Å². The predicted molar refractivity (Wildman–Crippen MR) is 116 cm³/mol. The van der Waals surface area contributed by atoms with Crippen molar-refractivity contribution in [1.29, 1.82) is 0 Å². The average molecular weight is 417 g/mol. The Balaban J connectivity index is 1.53. The summed E-state index contributed by atoms with van der Waals surface area (Å²) in [5.74, 6) is 1.64. The molecule has 1 saturated heterocycles. The summed E-state index contributed by atoms with van der Waals surface area (Å²) in [6, 6.07) is 0. The molecule has 4 unspecified atom stereocenters. The zero-order chi connectivity index (χ0) is 21.5. The van der Waals surface area contributed by atoms with Crippen molar-refractivity contribution in [1.82, 2.24) is 0 Å². The van der Waals surface area contributed by atoms with Crippen molar-refractivity contribution in [2.24, 2.45) is 34.5 Å². The number of esters is 1. The monoisotopic (exact) mass is 416 g/mol. The van der Waals surface area contributed by atoms with Crippen LogP contribution in [0.25, 0.3) is 0 Å². The van der Waals surface area contributed by atoms with Gasteiger partial charge in [-0.15, -0.1) is 0 Å². The molecule has 0 radical (unpaired) electrons. The second-order valence-electron chi connectivity index (χ2n) is 11.8. The molecule has 0 spiro atoms. The summed E-state index contributed by atoms with van der Waals surface area (Å²) in [6.45, 7) is 13.0. The van der Waals surface area contributed by atoms with Gasteiger partial charge >= 0.3 is 5.97 Å². The number of allylic oxidation sites excluding steroid dienone is 2. The Bertz CT molecular complexity index is 756. The van der Waals surface area contributed by atoms with E-state index in [4.69, 9.17) is 14.2 Å². The molecule has 0 N–H and O–H groups in total. The highest BCUT2D eigenvalue weighted by Crippen LogP contribution is 2.69. The number of carbonyl (C=O) groups is 1. The van der Waals surface area contributed by atoms with E-state index in [2.05, 4.69) is 40.7 Å². The maximum Gasteiger partial charge on any atom is 0.302 e. The SMILES string of the molecule is C/C=C1/CCC2C3C(CC[C@]12C)[C@@]1(C)CC[C@@H](OC(C)=O)CC1[C@H]1OC(C)(C)O[C@H]31. The normalized spacial score (nSPS) is 52.9. The van der Waals surface area contributed by atoms with Gasteiger partial charge in [-0.1, -0.05) is 25.5 Å². The third-order valence-corrected chi connectivity index (χ3v) is 10.0. The molecule has 4 nitrogen and oxygen atoms in total. The largest absolute Gasteiger partial charge is 0.463 e. The fraction of sp³-hybridized carbons (Fsp3) is 0.885. The second kappa shape index (κ2) is 6.81. The molecule has 0 amide bonds. The van der Waals surface area contributed by atoms with Gasteiger partial charge in [0.15, 0.2) is 5.79 Å². The number of rotatable bonds is 1. The van der Waals surface area contributed by atoms with Crippen LogP contribution in [-0.4, -0.2) is 30.1 Å². The number of hydrogen-bond donors (Lipinski definition) is 0. The molecule has 5 aliphatic rings. The number of carbonyl (C=O) groups excluding carboxylic acids is 1. The first-order valence-corrected chi connectivity index (χ1v) is 12.3. The zero-order valence-corrected chi connectivity index (χ0v) is 19.7. The van der Waals surface area contributed by atoms with E-state index in [1.54, 1.807) is 5.57 Å². The number of fused-ring (bicyclic) bond motifs is 8. The van der Waals surface area contributed by atoms with E-state index >= 15 is 0 Å². The number of ether oxygens (including phenoxy) is 3. The van der Waals surface area contributed by atoms with Crippen LogP contribution in [0, 0.1) is 34.5 Å². The van der Waals surface area contributed by atoms with Crippen LogP contribution in [0.4, 0.5) is 0 Å². The summed E-state index contributed by atoms with van der Waals surface area (Å²) < 4.78 is 19.0. The van der Waals surface area contributed by atoms with Gasteiger partial charge in [0.2, 0.25) is 0 Å². The summed E-state index contributed by atoms with van der Waals surface area (Å²) >= 11 is 0. The van der Waals surface area contributed by atoms with Gasteiger partial charge in [-0.3, -0.25) is 4.79 Å². The van der Waals surface area contributed by atoms with Crippen LogP contribution < -0.4 is 0 Å². The molecule has 30 heavy (non-hydrogen) atoms. The van der Waals surface area contributed by atoms with E-state index in [1.807, 2.05) is 0 Å². The summed E-state index contributed by atoms with van der Waals surface area (Å²) in [7, 11) is 0. The highest BCUT2D eigenvalue weighted by atomic mass is 16.8. The van der Waals surface area contributed by atoms with Crippen LogP contribution in [0.3, 0.4) is 0 Å². The molecule has 0 aromatic heterocycles. The summed E-state index contributed by atoms with van der Waals surface area (Å²) in [5.41, 5.74) is 2.24. The van der Waals surface area contributed by atoms with Gasteiger partial charge < -0.3 is 14.2 Å². The van der Waals surface area contributed by atoms with Crippen LogP contribution in [0.1, 0.15) is 86.5 Å². The van der Waals surface area contributed by atoms with E-state index in [0.717, 1.165) is 19.3 Å². The van der Waals surface area contributed by atoms with Crippen molar-refractivity contribution >= 4 is 5.97 Å². The lowest BCUT2D eigenvalue weighted by Gasteiger charge is -2.63. The number of hydrogen-bond acceptors (Lipinski definition) is 4. The minimum atomic E-state index is -0.532. The van der Waals surface area contributed by atoms with E-state index in [9.17, 15) is 4.79 Å². The second-order valence-corrected chi connectivity index (χ2v) is 11.8. The molecule has 168 valence electrons. The quantitative estimate of drug-likeness (QED) is 0.409. The van der Waals surface area contributed by atoms with E-state index < -0.39 is 5.79 Å². The third-order valence-electron chi connectivity index (χ3n) is 10.0. The Kier molecular flexibility index (Phi) is 4.77. The van der Waals surface area contributed by atoms with Gasteiger partial charge in [0.05, 0.1) is 12.2 Å². The van der Waals surface area contributed by atoms with Gasteiger partial charge in [0.25, 0.3) is 0 Å². The first kappa shape index (κ1) is 21.0. The Morgan fingerprint density at radius 2 is 1.73 bits per heavy atom. The van der Waals surface area contributed by atoms with Crippen molar-refractivity contribution in [2.45, 2.75) is 111 Å². The lowest BCUT2D eigenvalue weighted by Crippen LogP contribution is -2.63. The molecular formula is C26H40O4. The molecule has 1 aliphatic heterocycles. The molecule has 0 bridgehead atoms. The first-order valence-electron chi connectivity index (χ1n) is 12.3. The molecule has 0 aromatic carbocycles. The van der Waals surface area contributed by atoms with Crippen LogP contribution in [-0.2, 0) is 19.0 Å². The molecule has 0 aromatic rings. The summed E-state index contributed by atoms with van der Waals surface area (Å²) in [6.07, 6.45) is 10.9. The van der Waals surface area contributed by atoms with E-state index in [0.29, 0.717) is 29.1 Å². The molecule has 5 fully saturated rings. The molecule has 4 heteroatoms. The summed E-state index contributed by atoms with van der Waals surface area (Å²) in [4.78, 5) is 11.6. The first-order chi connectivity index (χ1) is 14.1. The van der Waals surface area contributed by atoms with Crippen molar-refractivity contribution in [3.05, 3.63) is 11.6 Å². The van der Waals surface area contributed by atoms with Crippen LogP contribution in [0.2, 0.25) is 0 Å².